The van der Waals surface area contributed by atoms with E-state index < -0.39 is 0 Å². The van der Waals surface area contributed by atoms with Crippen LogP contribution >= 0.6 is 0 Å². The molecule has 0 saturated carbocycles. The van der Waals surface area contributed by atoms with E-state index in [4.69, 9.17) is 4.42 Å². The Morgan fingerprint density at radius 3 is 2.77 bits per heavy atom. The molecule has 26 heavy (non-hydrogen) atoms. The molecule has 0 unspecified atom stereocenters. The normalized spacial score (nSPS) is 11.6. The molecule has 0 bridgehead atoms. The number of nitrogens with zero attached hydrogens (tertiary/aromatic N) is 4. The summed E-state index contributed by atoms with van der Waals surface area (Å²) >= 11 is 0. The van der Waals surface area contributed by atoms with Gasteiger partial charge in [0.25, 0.3) is 5.91 Å². The maximum atomic E-state index is 12.9. The standard InChI is InChI=1S/C19H19N5O2/c1-10(2)24-18-15(9-20-24)14(7-11(3)21-18)19(25)23-13-5-6-17-16(8-13)22-12(4)26-17/h5-10H,1-4H3,(H,23,25). The van der Waals surface area contributed by atoms with Crippen LogP contribution in [-0.2, 0) is 0 Å². The lowest BCUT2D eigenvalue weighted by atomic mass is 10.1. The maximum absolute atomic E-state index is 12.9. The predicted molar refractivity (Wildman–Crippen MR) is 99.3 cm³/mol. The average Bonchev–Trinajstić information content (AvgIpc) is 3.15. The van der Waals surface area contributed by atoms with Gasteiger partial charge in [0.15, 0.2) is 17.1 Å². The monoisotopic (exact) mass is 349 g/mol. The molecule has 7 heteroatoms. The Morgan fingerprint density at radius 2 is 2.00 bits per heavy atom. The summed E-state index contributed by atoms with van der Waals surface area (Å²) in [6, 6.07) is 7.34. The summed E-state index contributed by atoms with van der Waals surface area (Å²) in [7, 11) is 0. The second kappa shape index (κ2) is 5.94. The van der Waals surface area contributed by atoms with Crippen LogP contribution in [0.4, 0.5) is 5.69 Å². The number of carbonyl (C=O) groups excluding carboxylic acids is 1. The third-order valence-electron chi connectivity index (χ3n) is 4.18. The van der Waals surface area contributed by atoms with Crippen LogP contribution < -0.4 is 5.32 Å². The number of nitrogens with one attached hydrogen (secondary N) is 1. The smallest absolute Gasteiger partial charge is 0.256 e. The number of anilines is 1. The number of aromatic nitrogens is 4. The van der Waals surface area contributed by atoms with Gasteiger partial charge in [-0.05, 0) is 45.0 Å². The molecule has 0 saturated heterocycles. The van der Waals surface area contributed by atoms with E-state index in [9.17, 15) is 4.79 Å². The molecule has 0 aliphatic heterocycles. The van der Waals surface area contributed by atoms with Crippen molar-refractivity contribution in [3.63, 3.8) is 0 Å². The number of pyridine rings is 1. The zero-order valence-electron chi connectivity index (χ0n) is 15.1. The molecule has 0 spiro atoms. The molecule has 4 rings (SSSR count). The van der Waals surface area contributed by atoms with Crippen LogP contribution in [0.3, 0.4) is 0 Å². The number of rotatable bonds is 3. The first-order valence-corrected chi connectivity index (χ1v) is 8.46. The van der Waals surface area contributed by atoms with Crippen molar-refractivity contribution in [1.29, 1.82) is 0 Å². The first-order valence-electron chi connectivity index (χ1n) is 8.46. The molecule has 0 fully saturated rings. The van der Waals surface area contributed by atoms with Gasteiger partial charge < -0.3 is 9.73 Å². The Labute approximate surface area is 150 Å². The molecule has 0 atom stereocenters. The Kier molecular flexibility index (Phi) is 3.72. The van der Waals surface area contributed by atoms with Crippen molar-refractivity contribution in [2.45, 2.75) is 33.7 Å². The first kappa shape index (κ1) is 16.3. The van der Waals surface area contributed by atoms with Crippen molar-refractivity contribution in [3.05, 3.63) is 47.6 Å². The number of aryl methyl sites for hydroxylation is 2. The van der Waals surface area contributed by atoms with Crippen molar-refractivity contribution in [3.8, 4) is 0 Å². The molecule has 132 valence electrons. The average molecular weight is 349 g/mol. The molecule has 0 aliphatic carbocycles. The number of hydrogen-bond donors (Lipinski definition) is 1. The minimum absolute atomic E-state index is 0.163. The lowest BCUT2D eigenvalue weighted by Crippen LogP contribution is -2.13. The molecule has 4 aromatic rings. The van der Waals surface area contributed by atoms with Gasteiger partial charge in [0.05, 0.1) is 17.1 Å². The van der Waals surface area contributed by atoms with Crippen LogP contribution in [0.25, 0.3) is 22.1 Å². The fraction of sp³-hybridized carbons (Fsp3) is 0.263. The summed E-state index contributed by atoms with van der Waals surface area (Å²) in [6.07, 6.45) is 1.70. The van der Waals surface area contributed by atoms with Crippen molar-refractivity contribution in [1.82, 2.24) is 19.7 Å². The van der Waals surface area contributed by atoms with Crippen molar-refractivity contribution >= 4 is 33.7 Å². The van der Waals surface area contributed by atoms with Crippen LogP contribution in [-0.4, -0.2) is 25.7 Å². The van der Waals surface area contributed by atoms with Gasteiger partial charge in [0.2, 0.25) is 0 Å². The molecular formula is C19H19N5O2. The minimum Gasteiger partial charge on any atom is -0.441 e. The molecule has 0 radical (unpaired) electrons. The van der Waals surface area contributed by atoms with E-state index in [-0.39, 0.29) is 11.9 Å². The van der Waals surface area contributed by atoms with Crippen molar-refractivity contribution in [2.75, 3.05) is 5.32 Å². The zero-order chi connectivity index (χ0) is 18.4. The number of fused-ring (bicyclic) bond motifs is 2. The molecule has 1 amide bonds. The van der Waals surface area contributed by atoms with E-state index in [0.717, 1.165) is 11.1 Å². The summed E-state index contributed by atoms with van der Waals surface area (Å²) in [5.41, 5.74) is 4.11. The summed E-state index contributed by atoms with van der Waals surface area (Å²) in [4.78, 5) is 21.7. The Morgan fingerprint density at radius 1 is 1.19 bits per heavy atom. The Balaban J connectivity index is 1.73. The number of benzene rings is 1. The van der Waals surface area contributed by atoms with Crippen LogP contribution in [0.5, 0.6) is 0 Å². The van der Waals surface area contributed by atoms with E-state index in [1.54, 1.807) is 37.4 Å². The lowest BCUT2D eigenvalue weighted by Gasteiger charge is -2.09. The Bertz CT molecular complexity index is 1140. The van der Waals surface area contributed by atoms with Crippen molar-refractivity contribution in [2.24, 2.45) is 0 Å². The van der Waals surface area contributed by atoms with E-state index in [2.05, 4.69) is 20.4 Å². The van der Waals surface area contributed by atoms with Crippen LogP contribution in [0.15, 0.2) is 34.9 Å². The fourth-order valence-electron chi connectivity index (χ4n) is 3.03. The Hall–Kier alpha value is -3.22. The minimum atomic E-state index is -0.205. The van der Waals surface area contributed by atoms with Gasteiger partial charge in [0.1, 0.15) is 5.52 Å². The molecular weight excluding hydrogens is 330 g/mol. The highest BCUT2D eigenvalue weighted by Gasteiger charge is 2.17. The molecule has 1 N–H and O–H groups in total. The largest absolute Gasteiger partial charge is 0.441 e. The molecule has 0 aliphatic rings. The lowest BCUT2D eigenvalue weighted by molar-refractivity contribution is 0.102. The molecule has 7 nitrogen and oxygen atoms in total. The molecule has 1 aromatic carbocycles. The van der Waals surface area contributed by atoms with Crippen LogP contribution in [0.2, 0.25) is 0 Å². The molecule has 3 heterocycles. The van der Waals surface area contributed by atoms with Crippen LogP contribution in [0, 0.1) is 13.8 Å². The number of amides is 1. The van der Waals surface area contributed by atoms with E-state index in [1.807, 2.05) is 25.5 Å². The van der Waals surface area contributed by atoms with E-state index in [1.165, 1.54) is 0 Å². The first-order chi connectivity index (χ1) is 12.4. The summed E-state index contributed by atoms with van der Waals surface area (Å²) in [5, 5.41) is 8.05. The third kappa shape index (κ3) is 2.71. The SMILES string of the molecule is Cc1cc(C(=O)Nc2ccc3oc(C)nc3c2)c2cnn(C(C)C)c2n1. The van der Waals surface area contributed by atoms with Gasteiger partial charge >= 0.3 is 0 Å². The van der Waals surface area contributed by atoms with Crippen LogP contribution in [0.1, 0.15) is 41.8 Å². The predicted octanol–water partition coefficient (Wildman–Crippen LogP) is 4.02. The summed E-state index contributed by atoms with van der Waals surface area (Å²) in [5.74, 6) is 0.388. The van der Waals surface area contributed by atoms with E-state index in [0.29, 0.717) is 33.9 Å². The highest BCUT2D eigenvalue weighted by molar-refractivity contribution is 6.12. The van der Waals surface area contributed by atoms with Gasteiger partial charge in [-0.15, -0.1) is 0 Å². The zero-order valence-corrected chi connectivity index (χ0v) is 15.1. The topological polar surface area (TPSA) is 85.8 Å². The second-order valence-corrected chi connectivity index (χ2v) is 6.60. The van der Waals surface area contributed by atoms with E-state index >= 15 is 0 Å². The van der Waals surface area contributed by atoms with Gasteiger partial charge in [-0.25, -0.2) is 14.6 Å². The second-order valence-electron chi connectivity index (χ2n) is 6.60. The summed E-state index contributed by atoms with van der Waals surface area (Å²) in [6.45, 7) is 7.73. The van der Waals surface area contributed by atoms with Crippen molar-refractivity contribution < 1.29 is 9.21 Å². The third-order valence-corrected chi connectivity index (χ3v) is 4.18. The number of hydrogen-bond acceptors (Lipinski definition) is 5. The number of oxazole rings is 1. The molecule has 3 aromatic heterocycles. The highest BCUT2D eigenvalue weighted by atomic mass is 16.3. The van der Waals surface area contributed by atoms with Gasteiger partial charge in [-0.2, -0.15) is 5.10 Å². The van der Waals surface area contributed by atoms with Gasteiger partial charge in [-0.1, -0.05) is 0 Å². The maximum Gasteiger partial charge on any atom is 0.256 e. The quantitative estimate of drug-likeness (QED) is 0.604. The highest BCUT2D eigenvalue weighted by Crippen LogP contribution is 2.24. The fourth-order valence-corrected chi connectivity index (χ4v) is 3.03. The summed E-state index contributed by atoms with van der Waals surface area (Å²) < 4.78 is 7.29. The van der Waals surface area contributed by atoms with Gasteiger partial charge in [-0.3, -0.25) is 4.79 Å². The van der Waals surface area contributed by atoms with Gasteiger partial charge in [0, 0.05) is 24.3 Å². The number of carbonyl (C=O) groups is 1.